The molecule has 0 saturated carbocycles. The number of aliphatic hydroxyl groups excluding tert-OH is 1. The molecule has 0 aliphatic heterocycles. The molecule has 0 fully saturated rings. The van der Waals surface area contributed by atoms with Crippen molar-refractivity contribution < 1.29 is 30.0 Å². The summed E-state index contributed by atoms with van der Waals surface area (Å²) in [6.45, 7) is 18.6. The number of carbonyl (C=O) groups is 1. The van der Waals surface area contributed by atoms with Crippen LogP contribution in [-0.2, 0) is 31.3 Å². The zero-order chi connectivity index (χ0) is 35.4. The molecular formula is C43H52IrN3O2-. The Labute approximate surface area is 308 Å². The molecule has 4 aromatic rings. The first-order chi connectivity index (χ1) is 23.0. The number of aromatic nitrogens is 2. The second-order valence-electron chi connectivity index (χ2n) is 12.8. The van der Waals surface area contributed by atoms with E-state index in [4.69, 9.17) is 9.97 Å². The van der Waals surface area contributed by atoms with Gasteiger partial charge in [-0.3, -0.25) is 9.78 Å². The Kier molecular flexibility index (Phi) is 16.8. The summed E-state index contributed by atoms with van der Waals surface area (Å²) in [5.41, 5.74) is 12.0. The fraction of sp³-hybridized carbons (Fsp3) is 0.395. The van der Waals surface area contributed by atoms with Crippen LogP contribution in [0.3, 0.4) is 0 Å². The third kappa shape index (κ3) is 11.3. The van der Waals surface area contributed by atoms with Gasteiger partial charge in [0.15, 0.2) is 5.78 Å². The Hall–Kier alpha value is -3.91. The van der Waals surface area contributed by atoms with Gasteiger partial charge < -0.3 is 10.1 Å². The summed E-state index contributed by atoms with van der Waals surface area (Å²) in [4.78, 5) is 21.8. The topological polar surface area (TPSA) is 86.9 Å². The molecule has 0 spiro atoms. The molecule has 49 heavy (non-hydrogen) atoms. The van der Waals surface area contributed by atoms with Crippen molar-refractivity contribution in [2.75, 3.05) is 0 Å². The van der Waals surface area contributed by atoms with E-state index in [1.807, 2.05) is 52.1 Å². The third-order valence-electron chi connectivity index (χ3n) is 8.78. The van der Waals surface area contributed by atoms with E-state index in [9.17, 15) is 15.2 Å². The molecule has 0 unspecified atom stereocenters. The van der Waals surface area contributed by atoms with Crippen LogP contribution in [0.2, 0.25) is 0 Å². The predicted octanol–water partition coefficient (Wildman–Crippen LogP) is 11.2. The van der Waals surface area contributed by atoms with Crippen molar-refractivity contribution in [3.8, 4) is 39.8 Å². The molecule has 5 nitrogen and oxygen atoms in total. The van der Waals surface area contributed by atoms with E-state index in [0.717, 1.165) is 83.4 Å². The summed E-state index contributed by atoms with van der Waals surface area (Å²) in [6, 6.07) is 22.3. The van der Waals surface area contributed by atoms with Gasteiger partial charge in [-0.2, -0.15) is 5.26 Å². The van der Waals surface area contributed by atoms with Gasteiger partial charge in [0.1, 0.15) is 0 Å². The molecule has 261 valence electrons. The largest absolute Gasteiger partial charge is 0.512 e. The maximum Gasteiger partial charge on any atom is 0.162 e. The van der Waals surface area contributed by atoms with Crippen LogP contribution < -0.4 is 0 Å². The van der Waals surface area contributed by atoms with Crippen LogP contribution in [0.15, 0.2) is 66.6 Å². The van der Waals surface area contributed by atoms with Gasteiger partial charge in [0.05, 0.1) is 28.8 Å². The van der Waals surface area contributed by atoms with Gasteiger partial charge in [-0.25, -0.2) is 0 Å². The molecule has 1 aromatic heterocycles. The standard InChI is InChI=1S/C30H28N3.C13H24O2.Ir/c1-6-7-24-16-23(17-31)8-9-27(24)28-18-32-29(25-12-19(2)10-20(3)13-25)30(33-28)26-14-21(4)11-22(5)15-26;1-5-10(6-2)12(14)9-13(15)11(7-3)8-4;/h8-12,14-16,18H,6-7H2,1-5H3;9-11,14H,5-8H2,1-4H3;/q-1;;/b;12-9-;. The van der Waals surface area contributed by atoms with Crippen LogP contribution in [-0.4, -0.2) is 20.9 Å². The maximum absolute atomic E-state index is 11.7. The van der Waals surface area contributed by atoms with Gasteiger partial charge >= 0.3 is 0 Å². The summed E-state index contributed by atoms with van der Waals surface area (Å²) in [5.74, 6) is 0.547. The van der Waals surface area contributed by atoms with E-state index >= 15 is 0 Å². The number of rotatable bonds is 12. The molecule has 1 heterocycles. The van der Waals surface area contributed by atoms with Crippen molar-refractivity contribution in [3.05, 3.63) is 106 Å². The molecule has 3 aromatic carbocycles. The van der Waals surface area contributed by atoms with Crippen LogP contribution in [0.25, 0.3) is 33.8 Å². The van der Waals surface area contributed by atoms with E-state index in [-0.39, 0.29) is 43.5 Å². The van der Waals surface area contributed by atoms with Crippen molar-refractivity contribution in [3.63, 3.8) is 0 Å². The summed E-state index contributed by atoms with van der Waals surface area (Å²) in [5, 5.41) is 19.1. The quantitative estimate of drug-likeness (QED) is 0.0873. The number of carbonyl (C=O) groups excluding carboxylic acids is 1. The fourth-order valence-electron chi connectivity index (χ4n) is 6.22. The smallest absolute Gasteiger partial charge is 0.162 e. The van der Waals surface area contributed by atoms with Crippen molar-refractivity contribution in [1.82, 2.24) is 9.97 Å². The molecular weight excluding hydrogens is 783 g/mol. The summed E-state index contributed by atoms with van der Waals surface area (Å²) in [6.07, 6.45) is 8.64. The van der Waals surface area contributed by atoms with Gasteiger partial charge in [0.2, 0.25) is 0 Å². The fourth-order valence-corrected chi connectivity index (χ4v) is 6.22. The molecule has 0 atom stereocenters. The number of benzene rings is 3. The number of aliphatic hydroxyl groups is 1. The van der Waals surface area contributed by atoms with E-state index in [1.54, 1.807) is 0 Å². The van der Waals surface area contributed by atoms with Gasteiger partial charge in [-0.15, -0.1) is 34.9 Å². The van der Waals surface area contributed by atoms with E-state index in [1.165, 1.54) is 22.8 Å². The third-order valence-corrected chi connectivity index (χ3v) is 8.78. The van der Waals surface area contributed by atoms with Crippen LogP contribution in [0.1, 0.15) is 100 Å². The Bertz CT molecular complexity index is 1740. The molecule has 0 aliphatic rings. The number of hydrogen-bond donors (Lipinski definition) is 1. The predicted molar refractivity (Wildman–Crippen MR) is 199 cm³/mol. The minimum Gasteiger partial charge on any atom is -0.512 e. The normalized spacial score (nSPS) is 11.1. The second-order valence-corrected chi connectivity index (χ2v) is 12.8. The molecule has 0 saturated heterocycles. The van der Waals surface area contributed by atoms with Gasteiger partial charge in [-0.1, -0.05) is 90.3 Å². The average molecular weight is 835 g/mol. The van der Waals surface area contributed by atoms with E-state index in [2.05, 4.69) is 77.1 Å². The van der Waals surface area contributed by atoms with Crippen LogP contribution >= 0.6 is 0 Å². The van der Waals surface area contributed by atoms with Crippen molar-refractivity contribution in [2.45, 2.75) is 101 Å². The summed E-state index contributed by atoms with van der Waals surface area (Å²) < 4.78 is 0. The van der Waals surface area contributed by atoms with Gasteiger partial charge in [-0.05, 0) is 69.2 Å². The Morgan fingerprint density at radius 1 is 0.857 bits per heavy atom. The van der Waals surface area contributed by atoms with Gasteiger partial charge in [0, 0.05) is 55.5 Å². The SMILES string of the molecule is CCC(CC)C(=O)/C=C(\O)C(CC)CC.CCCc1cc(C#N)ccc1-c1cnc(-c2[c-]c(C)cc(C)c2)c(-c2cc(C)cc(C)c2)n1.[Ir]. The molecule has 6 heteroatoms. The molecule has 0 aliphatic carbocycles. The Balaban J connectivity index is 0.000000444. The first kappa shape index (κ1) is 41.3. The maximum atomic E-state index is 11.7. The number of nitrogens with zero attached hydrogens (tertiary/aromatic N) is 3. The molecule has 0 amide bonds. The van der Waals surface area contributed by atoms with Crippen LogP contribution in [0.4, 0.5) is 0 Å². The van der Waals surface area contributed by atoms with Crippen LogP contribution in [0.5, 0.6) is 0 Å². The number of allylic oxidation sites excluding steroid dienone is 2. The molecule has 0 bridgehead atoms. The zero-order valence-electron chi connectivity index (χ0n) is 30.7. The number of aryl methyl sites for hydroxylation is 5. The molecule has 4 rings (SSSR count). The molecule has 1 radical (unpaired) electrons. The monoisotopic (exact) mass is 835 g/mol. The minimum absolute atomic E-state index is 0. The number of nitriles is 1. The first-order valence-corrected chi connectivity index (χ1v) is 17.4. The van der Waals surface area contributed by atoms with E-state index < -0.39 is 0 Å². The van der Waals surface area contributed by atoms with Gasteiger partial charge in [0.25, 0.3) is 0 Å². The minimum atomic E-state index is 0. The number of ketones is 1. The average Bonchev–Trinajstić information content (AvgIpc) is 3.05. The second kappa shape index (κ2) is 19.9. The van der Waals surface area contributed by atoms with E-state index in [0.29, 0.717) is 5.56 Å². The van der Waals surface area contributed by atoms with Crippen molar-refractivity contribution in [2.24, 2.45) is 11.8 Å². The Morgan fingerprint density at radius 2 is 1.47 bits per heavy atom. The van der Waals surface area contributed by atoms with Crippen molar-refractivity contribution >= 4 is 5.78 Å². The summed E-state index contributed by atoms with van der Waals surface area (Å²) >= 11 is 0. The van der Waals surface area contributed by atoms with Crippen LogP contribution in [0, 0.1) is 56.9 Å². The summed E-state index contributed by atoms with van der Waals surface area (Å²) in [7, 11) is 0. The molecule has 1 N–H and O–H groups in total. The zero-order valence-corrected chi connectivity index (χ0v) is 33.1. The number of hydrogen-bond acceptors (Lipinski definition) is 5. The Morgan fingerprint density at radius 3 is 2.02 bits per heavy atom. The first-order valence-electron chi connectivity index (χ1n) is 17.4. The van der Waals surface area contributed by atoms with Crippen molar-refractivity contribution in [1.29, 1.82) is 5.26 Å².